The van der Waals surface area contributed by atoms with Gasteiger partial charge in [-0.15, -0.1) is 0 Å². The van der Waals surface area contributed by atoms with Crippen LogP contribution in [0.5, 0.6) is 5.75 Å². The van der Waals surface area contributed by atoms with Crippen molar-refractivity contribution in [2.24, 2.45) is 0 Å². The molecule has 2 aromatic carbocycles. The number of rotatable bonds is 2. The van der Waals surface area contributed by atoms with Crippen LogP contribution in [0.4, 0.5) is 0 Å². The first-order valence-electron chi connectivity index (χ1n) is 4.91. The summed E-state index contributed by atoms with van der Waals surface area (Å²) in [6.07, 6.45) is 0. The lowest BCUT2D eigenvalue weighted by molar-refractivity contribution is 0.101. The Balaban J connectivity index is 2.88. The molecule has 0 spiro atoms. The number of carbonyl (C=O) groups excluding carboxylic acids is 1. The first-order valence-corrected chi connectivity index (χ1v) is 5.70. The minimum atomic E-state index is 0.0240. The molecule has 82 valence electrons. The first-order chi connectivity index (χ1) is 7.65. The minimum absolute atomic E-state index is 0.0240. The number of halogens is 1. The van der Waals surface area contributed by atoms with Crippen molar-refractivity contribution < 1.29 is 9.53 Å². The van der Waals surface area contributed by atoms with E-state index in [1.165, 1.54) is 0 Å². The van der Waals surface area contributed by atoms with Gasteiger partial charge >= 0.3 is 0 Å². The average molecular weight is 279 g/mol. The molecule has 0 aliphatic carbocycles. The lowest BCUT2D eigenvalue weighted by Crippen LogP contribution is -1.96. The van der Waals surface area contributed by atoms with Gasteiger partial charge in [0.15, 0.2) is 5.78 Å². The van der Waals surface area contributed by atoms with E-state index in [0.717, 1.165) is 21.0 Å². The number of Topliss-reactive ketones (excluding diaryl/α,β-unsaturated/α-hetero) is 1. The van der Waals surface area contributed by atoms with Crippen molar-refractivity contribution in [3.05, 3.63) is 40.4 Å². The summed E-state index contributed by atoms with van der Waals surface area (Å²) in [5.41, 5.74) is 0.649. The second-order valence-corrected chi connectivity index (χ2v) is 4.34. The average Bonchev–Trinajstić information content (AvgIpc) is 2.29. The van der Waals surface area contributed by atoms with Gasteiger partial charge in [-0.25, -0.2) is 0 Å². The Bertz CT molecular complexity index is 561. The molecule has 0 aliphatic heterocycles. The molecular weight excluding hydrogens is 268 g/mol. The van der Waals surface area contributed by atoms with Gasteiger partial charge in [0, 0.05) is 20.8 Å². The smallest absolute Gasteiger partial charge is 0.161 e. The maximum atomic E-state index is 11.5. The van der Waals surface area contributed by atoms with Gasteiger partial charge in [0.05, 0.1) is 7.11 Å². The van der Waals surface area contributed by atoms with Crippen molar-refractivity contribution >= 4 is 32.5 Å². The second kappa shape index (κ2) is 4.26. The summed E-state index contributed by atoms with van der Waals surface area (Å²) < 4.78 is 6.13. The number of hydrogen-bond acceptors (Lipinski definition) is 2. The topological polar surface area (TPSA) is 26.3 Å². The van der Waals surface area contributed by atoms with E-state index in [0.29, 0.717) is 5.56 Å². The monoisotopic (exact) mass is 278 g/mol. The van der Waals surface area contributed by atoms with Crippen LogP contribution >= 0.6 is 15.9 Å². The van der Waals surface area contributed by atoms with E-state index in [9.17, 15) is 4.79 Å². The number of methoxy groups -OCH3 is 1. The van der Waals surface area contributed by atoms with Crippen LogP contribution in [0.15, 0.2) is 34.8 Å². The summed E-state index contributed by atoms with van der Waals surface area (Å²) in [6.45, 7) is 1.55. The van der Waals surface area contributed by atoms with E-state index >= 15 is 0 Å². The van der Waals surface area contributed by atoms with Gasteiger partial charge in [-0.2, -0.15) is 0 Å². The molecule has 16 heavy (non-hydrogen) atoms. The molecule has 0 saturated carbocycles. The van der Waals surface area contributed by atoms with Gasteiger partial charge < -0.3 is 4.74 Å². The summed E-state index contributed by atoms with van der Waals surface area (Å²) in [4.78, 5) is 11.5. The largest absolute Gasteiger partial charge is 0.496 e. The molecule has 0 aromatic heterocycles. The molecule has 3 heteroatoms. The number of carbonyl (C=O) groups is 1. The van der Waals surface area contributed by atoms with Crippen molar-refractivity contribution in [1.29, 1.82) is 0 Å². The summed E-state index contributed by atoms with van der Waals surface area (Å²) in [5, 5.41) is 1.99. The molecule has 0 aliphatic rings. The fraction of sp³-hybridized carbons (Fsp3) is 0.154. The van der Waals surface area contributed by atoms with Crippen LogP contribution in [0, 0.1) is 0 Å². The fourth-order valence-electron chi connectivity index (χ4n) is 1.73. The molecule has 2 aromatic rings. The van der Waals surface area contributed by atoms with Gasteiger partial charge in [0.1, 0.15) is 5.75 Å². The van der Waals surface area contributed by atoms with Crippen LogP contribution in [-0.4, -0.2) is 12.9 Å². The normalized spacial score (nSPS) is 10.4. The number of ether oxygens (including phenoxy) is 1. The zero-order chi connectivity index (χ0) is 11.7. The highest BCUT2D eigenvalue weighted by Crippen LogP contribution is 2.34. The Morgan fingerprint density at radius 1 is 1.25 bits per heavy atom. The minimum Gasteiger partial charge on any atom is -0.496 e. The molecule has 0 saturated heterocycles. The molecule has 2 rings (SSSR count). The van der Waals surface area contributed by atoms with Gasteiger partial charge in [-0.1, -0.05) is 24.3 Å². The van der Waals surface area contributed by atoms with Crippen molar-refractivity contribution in [2.45, 2.75) is 6.92 Å². The molecule has 0 heterocycles. The number of benzene rings is 2. The summed E-state index contributed by atoms with van der Waals surface area (Å²) in [6, 6.07) is 9.60. The maximum absolute atomic E-state index is 11.5. The molecule has 2 nitrogen and oxygen atoms in total. The molecule has 0 unspecified atom stereocenters. The summed E-state index contributed by atoms with van der Waals surface area (Å²) >= 11 is 3.47. The molecule has 0 N–H and O–H groups in total. The number of fused-ring (bicyclic) bond motifs is 1. The summed E-state index contributed by atoms with van der Waals surface area (Å²) in [7, 11) is 1.61. The van der Waals surface area contributed by atoms with E-state index in [4.69, 9.17) is 4.74 Å². The van der Waals surface area contributed by atoms with E-state index < -0.39 is 0 Å². The lowest BCUT2D eigenvalue weighted by Gasteiger charge is -2.10. The Kier molecular flexibility index (Phi) is 2.97. The first kappa shape index (κ1) is 11.1. The Labute approximate surface area is 102 Å². The molecule has 0 fully saturated rings. The van der Waals surface area contributed by atoms with Gasteiger partial charge in [0.2, 0.25) is 0 Å². The van der Waals surface area contributed by atoms with Gasteiger partial charge in [0.25, 0.3) is 0 Å². The quantitative estimate of drug-likeness (QED) is 0.781. The van der Waals surface area contributed by atoms with Crippen LogP contribution in [0.1, 0.15) is 17.3 Å². The van der Waals surface area contributed by atoms with E-state index in [2.05, 4.69) is 15.9 Å². The van der Waals surface area contributed by atoms with E-state index in [1.54, 1.807) is 20.1 Å². The van der Waals surface area contributed by atoms with Crippen LogP contribution in [0.3, 0.4) is 0 Å². The van der Waals surface area contributed by atoms with Crippen LogP contribution < -0.4 is 4.74 Å². The molecule has 0 bridgehead atoms. The van der Waals surface area contributed by atoms with Crippen molar-refractivity contribution in [2.75, 3.05) is 7.11 Å². The standard InChI is InChI=1S/C13H11BrO2/c1-8(15)11-7-12(16-2)9-5-3-4-6-10(9)13(11)14/h3-7H,1-2H3. The maximum Gasteiger partial charge on any atom is 0.161 e. The molecular formula is C13H11BrO2. The zero-order valence-corrected chi connectivity index (χ0v) is 10.7. The zero-order valence-electron chi connectivity index (χ0n) is 9.08. The third-order valence-electron chi connectivity index (χ3n) is 2.54. The summed E-state index contributed by atoms with van der Waals surface area (Å²) in [5.74, 6) is 0.750. The van der Waals surface area contributed by atoms with E-state index in [-0.39, 0.29) is 5.78 Å². The number of ketones is 1. The van der Waals surface area contributed by atoms with Crippen molar-refractivity contribution in [3.63, 3.8) is 0 Å². The third kappa shape index (κ3) is 1.71. The predicted octanol–water partition coefficient (Wildman–Crippen LogP) is 3.81. The Morgan fingerprint density at radius 3 is 2.44 bits per heavy atom. The van der Waals surface area contributed by atoms with Gasteiger partial charge in [-0.05, 0) is 28.9 Å². The Morgan fingerprint density at radius 2 is 1.88 bits per heavy atom. The lowest BCUT2D eigenvalue weighted by atomic mass is 10.0. The van der Waals surface area contributed by atoms with Gasteiger partial charge in [-0.3, -0.25) is 4.79 Å². The molecule has 0 radical (unpaired) electrons. The second-order valence-electron chi connectivity index (χ2n) is 3.54. The van der Waals surface area contributed by atoms with Crippen LogP contribution in [0.2, 0.25) is 0 Å². The Hall–Kier alpha value is -1.35. The van der Waals surface area contributed by atoms with Crippen molar-refractivity contribution in [3.8, 4) is 5.75 Å². The highest BCUT2D eigenvalue weighted by atomic mass is 79.9. The van der Waals surface area contributed by atoms with E-state index in [1.807, 2.05) is 24.3 Å². The van der Waals surface area contributed by atoms with Crippen molar-refractivity contribution in [1.82, 2.24) is 0 Å². The number of hydrogen-bond donors (Lipinski definition) is 0. The molecule has 0 atom stereocenters. The SMILES string of the molecule is COc1cc(C(C)=O)c(Br)c2ccccc12. The highest BCUT2D eigenvalue weighted by molar-refractivity contribution is 9.10. The fourth-order valence-corrected chi connectivity index (χ4v) is 2.47. The third-order valence-corrected chi connectivity index (χ3v) is 3.39. The van der Waals surface area contributed by atoms with Crippen LogP contribution in [0.25, 0.3) is 10.8 Å². The predicted molar refractivity (Wildman–Crippen MR) is 68.2 cm³/mol. The molecule has 0 amide bonds. The van der Waals surface area contributed by atoms with Crippen LogP contribution in [-0.2, 0) is 0 Å². The highest BCUT2D eigenvalue weighted by Gasteiger charge is 2.12.